The smallest absolute Gasteiger partial charge is 0.115 e. The number of hydrogen-bond acceptors (Lipinski definition) is 3. The van der Waals surface area contributed by atoms with E-state index in [9.17, 15) is 0 Å². The molecular formula is C17H22O2S. The molecule has 2 aromatic carbocycles. The van der Waals surface area contributed by atoms with Crippen molar-refractivity contribution in [2.24, 2.45) is 0 Å². The topological polar surface area (TPSA) is 40.5 Å². The second kappa shape index (κ2) is 10.2. The number of unbranched alkanes of at least 4 members (excludes halogenated alkanes) is 2. The van der Waals surface area contributed by atoms with Gasteiger partial charge in [-0.2, -0.15) is 0 Å². The first kappa shape index (κ1) is 16.4. The lowest BCUT2D eigenvalue weighted by Gasteiger charge is -1.99. The lowest BCUT2D eigenvalue weighted by molar-refractivity contribution is 0.460. The number of hydrogen-bond donors (Lipinski definition) is 2. The van der Waals surface area contributed by atoms with Crippen molar-refractivity contribution in [3.63, 3.8) is 0 Å². The number of aromatic hydroxyl groups is 2. The molecule has 0 aliphatic rings. The van der Waals surface area contributed by atoms with Crippen LogP contribution in [0.1, 0.15) is 26.2 Å². The highest BCUT2D eigenvalue weighted by molar-refractivity contribution is 7.99. The second-order valence-electron chi connectivity index (χ2n) is 4.39. The van der Waals surface area contributed by atoms with Gasteiger partial charge in [0.05, 0.1) is 0 Å². The van der Waals surface area contributed by atoms with E-state index in [1.807, 2.05) is 11.8 Å². The maximum absolute atomic E-state index is 8.65. The van der Waals surface area contributed by atoms with Crippen LogP contribution >= 0.6 is 11.8 Å². The Bertz CT molecular complexity index is 433. The molecule has 0 radical (unpaired) electrons. The Hall–Kier alpha value is -1.61. The van der Waals surface area contributed by atoms with Crippen LogP contribution in [0.25, 0.3) is 0 Å². The zero-order chi connectivity index (χ0) is 14.6. The van der Waals surface area contributed by atoms with Gasteiger partial charge >= 0.3 is 0 Å². The molecule has 0 atom stereocenters. The SMILES string of the molecule is CCCCCSc1ccccc1.Oc1ccc(O)cc1. The molecule has 108 valence electrons. The highest BCUT2D eigenvalue weighted by Gasteiger charge is 1.91. The van der Waals surface area contributed by atoms with E-state index in [0.717, 1.165) is 0 Å². The van der Waals surface area contributed by atoms with Crippen molar-refractivity contribution >= 4 is 11.8 Å². The molecule has 2 aromatic rings. The summed E-state index contributed by atoms with van der Waals surface area (Å²) in [6, 6.07) is 16.3. The summed E-state index contributed by atoms with van der Waals surface area (Å²) < 4.78 is 0. The molecule has 0 aliphatic carbocycles. The summed E-state index contributed by atoms with van der Waals surface area (Å²) in [6.45, 7) is 2.24. The van der Waals surface area contributed by atoms with Crippen LogP contribution in [0.3, 0.4) is 0 Å². The maximum Gasteiger partial charge on any atom is 0.115 e. The second-order valence-corrected chi connectivity index (χ2v) is 5.55. The predicted octanol–water partition coefficient (Wildman–Crippen LogP) is 5.07. The van der Waals surface area contributed by atoms with E-state index in [2.05, 4.69) is 37.3 Å². The van der Waals surface area contributed by atoms with Gasteiger partial charge in [-0.15, -0.1) is 11.8 Å². The molecule has 0 amide bonds. The molecule has 0 bridgehead atoms. The molecule has 0 unspecified atom stereocenters. The lowest BCUT2D eigenvalue weighted by atomic mass is 10.3. The van der Waals surface area contributed by atoms with E-state index in [1.165, 1.54) is 54.2 Å². The fraction of sp³-hybridized carbons (Fsp3) is 0.294. The van der Waals surface area contributed by atoms with Crippen molar-refractivity contribution in [3.05, 3.63) is 54.6 Å². The molecule has 0 aromatic heterocycles. The van der Waals surface area contributed by atoms with Crippen molar-refractivity contribution < 1.29 is 10.2 Å². The fourth-order valence-corrected chi connectivity index (χ4v) is 2.45. The van der Waals surface area contributed by atoms with Crippen molar-refractivity contribution in [2.45, 2.75) is 31.1 Å². The minimum atomic E-state index is 0.169. The third-order valence-electron chi connectivity index (χ3n) is 2.61. The van der Waals surface area contributed by atoms with Crippen LogP contribution < -0.4 is 0 Å². The van der Waals surface area contributed by atoms with Gasteiger partial charge in [-0.05, 0) is 48.6 Å². The summed E-state index contributed by atoms with van der Waals surface area (Å²) >= 11 is 1.96. The van der Waals surface area contributed by atoms with Crippen molar-refractivity contribution in [1.29, 1.82) is 0 Å². The van der Waals surface area contributed by atoms with E-state index in [0.29, 0.717) is 0 Å². The lowest BCUT2D eigenvalue weighted by Crippen LogP contribution is -1.78. The summed E-state index contributed by atoms with van der Waals surface area (Å²) in [5, 5.41) is 17.3. The normalized spacial score (nSPS) is 9.65. The van der Waals surface area contributed by atoms with Gasteiger partial charge in [0, 0.05) is 4.90 Å². The summed E-state index contributed by atoms with van der Waals surface area (Å²) in [6.07, 6.45) is 4.02. The molecule has 3 heteroatoms. The zero-order valence-corrected chi connectivity index (χ0v) is 12.6. The molecule has 2 rings (SSSR count). The van der Waals surface area contributed by atoms with Gasteiger partial charge in [-0.3, -0.25) is 0 Å². The number of rotatable bonds is 5. The summed E-state index contributed by atoms with van der Waals surface area (Å²) in [7, 11) is 0. The van der Waals surface area contributed by atoms with Crippen LogP contribution in [0.15, 0.2) is 59.5 Å². The van der Waals surface area contributed by atoms with Gasteiger partial charge < -0.3 is 10.2 Å². The molecular weight excluding hydrogens is 268 g/mol. The first-order chi connectivity index (χ1) is 9.72. The van der Waals surface area contributed by atoms with E-state index < -0.39 is 0 Å². The first-order valence-electron chi connectivity index (χ1n) is 6.88. The Balaban J connectivity index is 0.000000217. The van der Waals surface area contributed by atoms with Gasteiger partial charge in [-0.1, -0.05) is 38.0 Å². The van der Waals surface area contributed by atoms with Crippen LogP contribution in [0.2, 0.25) is 0 Å². The maximum atomic E-state index is 8.65. The molecule has 2 nitrogen and oxygen atoms in total. The summed E-state index contributed by atoms with van der Waals surface area (Å²) in [5.41, 5.74) is 0. The molecule has 0 aliphatic heterocycles. The molecule has 2 N–H and O–H groups in total. The molecule has 0 spiro atoms. The average molecular weight is 290 g/mol. The number of phenols is 2. The van der Waals surface area contributed by atoms with Crippen LogP contribution in [0.5, 0.6) is 11.5 Å². The van der Waals surface area contributed by atoms with Gasteiger partial charge in [0.2, 0.25) is 0 Å². The first-order valence-corrected chi connectivity index (χ1v) is 7.86. The van der Waals surface area contributed by atoms with Gasteiger partial charge in [0.1, 0.15) is 11.5 Å². The van der Waals surface area contributed by atoms with Gasteiger partial charge in [0.25, 0.3) is 0 Å². The van der Waals surface area contributed by atoms with E-state index in [-0.39, 0.29) is 11.5 Å². The standard InChI is InChI=1S/C11H16S.C6H6O2/c1-2-3-7-10-12-11-8-5-4-6-9-11;7-5-1-2-6(8)4-3-5/h4-6,8-9H,2-3,7,10H2,1H3;1-4,7-8H. The van der Waals surface area contributed by atoms with Crippen molar-refractivity contribution in [2.75, 3.05) is 5.75 Å². The highest BCUT2D eigenvalue weighted by Crippen LogP contribution is 2.18. The number of thioether (sulfide) groups is 1. The van der Waals surface area contributed by atoms with E-state index in [1.54, 1.807) is 0 Å². The van der Waals surface area contributed by atoms with Crippen LogP contribution in [0, 0.1) is 0 Å². The number of phenolic OH excluding ortho intramolecular Hbond substituents is 2. The Morgan fingerprint density at radius 2 is 1.35 bits per heavy atom. The van der Waals surface area contributed by atoms with Crippen LogP contribution in [0.4, 0.5) is 0 Å². The molecule has 20 heavy (non-hydrogen) atoms. The largest absolute Gasteiger partial charge is 0.508 e. The van der Waals surface area contributed by atoms with Gasteiger partial charge in [-0.25, -0.2) is 0 Å². The van der Waals surface area contributed by atoms with Gasteiger partial charge in [0.15, 0.2) is 0 Å². The Labute approximate surface area is 125 Å². The Kier molecular flexibility index (Phi) is 8.40. The summed E-state index contributed by atoms with van der Waals surface area (Å²) in [4.78, 5) is 1.40. The molecule has 0 fully saturated rings. The van der Waals surface area contributed by atoms with Crippen LogP contribution in [-0.4, -0.2) is 16.0 Å². The molecule has 0 saturated carbocycles. The summed E-state index contributed by atoms with van der Waals surface area (Å²) in [5.74, 6) is 1.60. The predicted molar refractivity (Wildman–Crippen MR) is 86.5 cm³/mol. The van der Waals surface area contributed by atoms with E-state index in [4.69, 9.17) is 10.2 Å². The minimum Gasteiger partial charge on any atom is -0.508 e. The van der Waals surface area contributed by atoms with Crippen molar-refractivity contribution in [3.8, 4) is 11.5 Å². The van der Waals surface area contributed by atoms with E-state index >= 15 is 0 Å². The van der Waals surface area contributed by atoms with Crippen LogP contribution in [-0.2, 0) is 0 Å². The average Bonchev–Trinajstić information content (AvgIpc) is 2.49. The zero-order valence-electron chi connectivity index (χ0n) is 11.8. The third kappa shape index (κ3) is 7.74. The quantitative estimate of drug-likeness (QED) is 0.459. The molecule has 0 saturated heterocycles. The molecule has 0 heterocycles. The Morgan fingerprint density at radius 3 is 1.85 bits per heavy atom. The monoisotopic (exact) mass is 290 g/mol. The third-order valence-corrected chi connectivity index (χ3v) is 3.71. The number of benzene rings is 2. The van der Waals surface area contributed by atoms with Crippen molar-refractivity contribution in [1.82, 2.24) is 0 Å². The fourth-order valence-electron chi connectivity index (χ4n) is 1.51. The minimum absolute atomic E-state index is 0.169. The Morgan fingerprint density at radius 1 is 0.800 bits per heavy atom. The highest BCUT2D eigenvalue weighted by atomic mass is 32.2.